The molecule has 0 atom stereocenters. The van der Waals surface area contributed by atoms with Crippen LogP contribution in [0.4, 0.5) is 5.82 Å². The summed E-state index contributed by atoms with van der Waals surface area (Å²) in [6.07, 6.45) is 8.80. The smallest absolute Gasteiger partial charge is 0.125 e. The standard InChI is InChI=1S/C11H14N2/c1-3-4-5-8-12-11-7-6-10(2)9-13-11/h1,6-7,9H,4-5,8H2,2H3,(H,12,13). The first kappa shape index (κ1) is 9.60. The van der Waals surface area contributed by atoms with Crippen LogP contribution in [-0.2, 0) is 0 Å². The maximum absolute atomic E-state index is 5.13. The number of hydrogen-bond donors (Lipinski definition) is 1. The first-order valence-corrected chi connectivity index (χ1v) is 4.43. The first-order chi connectivity index (χ1) is 6.33. The van der Waals surface area contributed by atoms with E-state index in [1.807, 2.05) is 25.3 Å². The van der Waals surface area contributed by atoms with Crippen LogP contribution in [0.2, 0.25) is 0 Å². The predicted octanol–water partition coefficient (Wildman–Crippen LogP) is 2.22. The number of nitrogens with one attached hydrogen (secondary N) is 1. The Kier molecular flexibility index (Phi) is 3.84. The molecule has 0 unspecified atom stereocenters. The molecule has 1 N–H and O–H groups in total. The van der Waals surface area contributed by atoms with Gasteiger partial charge in [0.2, 0.25) is 0 Å². The molecule has 0 aliphatic rings. The molecule has 0 aliphatic carbocycles. The number of aryl methyl sites for hydroxylation is 1. The summed E-state index contributed by atoms with van der Waals surface area (Å²) in [6, 6.07) is 4.02. The molecule has 0 radical (unpaired) electrons. The summed E-state index contributed by atoms with van der Waals surface area (Å²) >= 11 is 0. The highest BCUT2D eigenvalue weighted by molar-refractivity contribution is 5.34. The van der Waals surface area contributed by atoms with Gasteiger partial charge >= 0.3 is 0 Å². The summed E-state index contributed by atoms with van der Waals surface area (Å²) in [4.78, 5) is 4.21. The summed E-state index contributed by atoms with van der Waals surface area (Å²) in [5, 5.41) is 3.20. The Morgan fingerprint density at radius 2 is 2.38 bits per heavy atom. The molecule has 0 saturated carbocycles. The van der Waals surface area contributed by atoms with Crippen molar-refractivity contribution in [1.29, 1.82) is 0 Å². The number of terminal acetylenes is 1. The van der Waals surface area contributed by atoms with Crippen molar-refractivity contribution in [3.05, 3.63) is 23.9 Å². The molecule has 0 amide bonds. The summed E-state index contributed by atoms with van der Waals surface area (Å²) in [7, 11) is 0. The third-order valence-electron chi connectivity index (χ3n) is 1.72. The van der Waals surface area contributed by atoms with Gasteiger partial charge in [-0.3, -0.25) is 0 Å². The van der Waals surface area contributed by atoms with E-state index in [1.54, 1.807) is 0 Å². The van der Waals surface area contributed by atoms with Crippen molar-refractivity contribution in [2.75, 3.05) is 11.9 Å². The zero-order valence-electron chi connectivity index (χ0n) is 7.88. The van der Waals surface area contributed by atoms with Crippen molar-refractivity contribution in [2.24, 2.45) is 0 Å². The van der Waals surface area contributed by atoms with E-state index in [-0.39, 0.29) is 0 Å². The fourth-order valence-electron chi connectivity index (χ4n) is 0.979. The zero-order chi connectivity index (χ0) is 9.52. The highest BCUT2D eigenvalue weighted by Crippen LogP contribution is 2.03. The average molecular weight is 174 g/mol. The molecule has 0 saturated heterocycles. The Hall–Kier alpha value is -1.49. The molecule has 0 aliphatic heterocycles. The van der Waals surface area contributed by atoms with E-state index < -0.39 is 0 Å². The molecular formula is C11H14N2. The van der Waals surface area contributed by atoms with Gasteiger partial charge in [-0.05, 0) is 25.0 Å². The van der Waals surface area contributed by atoms with Gasteiger partial charge in [0, 0.05) is 19.2 Å². The van der Waals surface area contributed by atoms with Crippen molar-refractivity contribution in [1.82, 2.24) is 4.98 Å². The van der Waals surface area contributed by atoms with Crippen LogP contribution in [0.25, 0.3) is 0 Å². The number of unbranched alkanes of at least 4 members (excludes halogenated alkanes) is 1. The number of aromatic nitrogens is 1. The summed E-state index contributed by atoms with van der Waals surface area (Å²) < 4.78 is 0. The number of hydrogen-bond acceptors (Lipinski definition) is 2. The first-order valence-electron chi connectivity index (χ1n) is 4.43. The minimum atomic E-state index is 0.818. The van der Waals surface area contributed by atoms with Crippen molar-refractivity contribution in [3.63, 3.8) is 0 Å². The normalized spacial score (nSPS) is 9.23. The highest BCUT2D eigenvalue weighted by Gasteiger charge is 1.91. The van der Waals surface area contributed by atoms with Gasteiger partial charge in [0.05, 0.1) is 0 Å². The Labute approximate surface area is 79.4 Å². The maximum Gasteiger partial charge on any atom is 0.125 e. The molecule has 0 spiro atoms. The largest absolute Gasteiger partial charge is 0.370 e. The van der Waals surface area contributed by atoms with Crippen LogP contribution in [0, 0.1) is 19.3 Å². The summed E-state index contributed by atoms with van der Waals surface area (Å²) in [5.74, 6) is 3.52. The Balaban J connectivity index is 2.30. The fraction of sp³-hybridized carbons (Fsp3) is 0.364. The monoisotopic (exact) mass is 174 g/mol. The average Bonchev–Trinajstić information content (AvgIpc) is 2.15. The van der Waals surface area contributed by atoms with E-state index in [0.29, 0.717) is 0 Å². The van der Waals surface area contributed by atoms with Gasteiger partial charge in [-0.1, -0.05) is 6.07 Å². The molecule has 0 bridgehead atoms. The van der Waals surface area contributed by atoms with E-state index >= 15 is 0 Å². The molecule has 1 aromatic rings. The van der Waals surface area contributed by atoms with Gasteiger partial charge in [0.25, 0.3) is 0 Å². The number of pyridine rings is 1. The van der Waals surface area contributed by atoms with Crippen LogP contribution in [0.3, 0.4) is 0 Å². The molecule has 1 rings (SSSR count). The number of nitrogens with zero attached hydrogens (tertiary/aromatic N) is 1. The van der Waals surface area contributed by atoms with Crippen LogP contribution in [0.1, 0.15) is 18.4 Å². The van der Waals surface area contributed by atoms with Crippen LogP contribution in [-0.4, -0.2) is 11.5 Å². The molecular weight excluding hydrogens is 160 g/mol. The lowest BCUT2D eigenvalue weighted by Crippen LogP contribution is -2.02. The van der Waals surface area contributed by atoms with Crippen molar-refractivity contribution in [3.8, 4) is 12.3 Å². The fourth-order valence-corrected chi connectivity index (χ4v) is 0.979. The zero-order valence-corrected chi connectivity index (χ0v) is 7.88. The van der Waals surface area contributed by atoms with E-state index in [1.165, 1.54) is 5.56 Å². The minimum Gasteiger partial charge on any atom is -0.370 e. The van der Waals surface area contributed by atoms with E-state index in [2.05, 4.69) is 16.2 Å². The van der Waals surface area contributed by atoms with E-state index in [4.69, 9.17) is 6.42 Å². The lowest BCUT2D eigenvalue weighted by atomic mass is 10.3. The molecule has 2 heteroatoms. The lowest BCUT2D eigenvalue weighted by Gasteiger charge is -2.03. The quantitative estimate of drug-likeness (QED) is 0.559. The van der Waals surface area contributed by atoms with Gasteiger partial charge in [0.1, 0.15) is 5.82 Å². The Morgan fingerprint density at radius 3 is 3.00 bits per heavy atom. The van der Waals surface area contributed by atoms with Crippen molar-refractivity contribution in [2.45, 2.75) is 19.8 Å². The van der Waals surface area contributed by atoms with Crippen molar-refractivity contribution >= 4 is 5.82 Å². The third-order valence-corrected chi connectivity index (χ3v) is 1.72. The number of rotatable bonds is 4. The van der Waals surface area contributed by atoms with Crippen molar-refractivity contribution < 1.29 is 0 Å². The Bertz CT molecular complexity index is 282. The second kappa shape index (κ2) is 5.21. The molecule has 13 heavy (non-hydrogen) atoms. The topological polar surface area (TPSA) is 24.9 Å². The molecule has 1 aromatic heterocycles. The molecule has 0 aromatic carbocycles. The molecule has 0 fully saturated rings. The highest BCUT2D eigenvalue weighted by atomic mass is 15.0. The van der Waals surface area contributed by atoms with E-state index in [0.717, 1.165) is 25.2 Å². The number of anilines is 1. The minimum absolute atomic E-state index is 0.818. The van der Waals surface area contributed by atoms with Crippen LogP contribution < -0.4 is 5.32 Å². The predicted molar refractivity (Wildman–Crippen MR) is 55.5 cm³/mol. The summed E-state index contributed by atoms with van der Waals surface area (Å²) in [5.41, 5.74) is 1.18. The SMILES string of the molecule is C#CCCCNc1ccc(C)cn1. The summed E-state index contributed by atoms with van der Waals surface area (Å²) in [6.45, 7) is 2.91. The molecule has 2 nitrogen and oxygen atoms in total. The second-order valence-corrected chi connectivity index (χ2v) is 2.96. The van der Waals surface area contributed by atoms with Crippen LogP contribution in [0.5, 0.6) is 0 Å². The van der Waals surface area contributed by atoms with Crippen LogP contribution in [0.15, 0.2) is 18.3 Å². The van der Waals surface area contributed by atoms with Gasteiger partial charge in [-0.25, -0.2) is 4.98 Å². The molecule has 1 heterocycles. The van der Waals surface area contributed by atoms with Gasteiger partial charge < -0.3 is 5.32 Å². The van der Waals surface area contributed by atoms with Gasteiger partial charge in [0.15, 0.2) is 0 Å². The van der Waals surface area contributed by atoms with Gasteiger partial charge in [-0.2, -0.15) is 0 Å². The molecule has 68 valence electrons. The lowest BCUT2D eigenvalue weighted by molar-refractivity contribution is 0.901. The van der Waals surface area contributed by atoms with Crippen LogP contribution >= 0.6 is 0 Å². The Morgan fingerprint density at radius 1 is 1.54 bits per heavy atom. The third kappa shape index (κ3) is 3.62. The maximum atomic E-state index is 5.13. The second-order valence-electron chi connectivity index (χ2n) is 2.96. The van der Waals surface area contributed by atoms with E-state index in [9.17, 15) is 0 Å². The van der Waals surface area contributed by atoms with Gasteiger partial charge in [-0.15, -0.1) is 12.3 Å².